The number of hydrogen-bond donors (Lipinski definition) is 0. The van der Waals surface area contributed by atoms with Crippen LogP contribution in [-0.4, -0.2) is 25.6 Å². The summed E-state index contributed by atoms with van der Waals surface area (Å²) in [6.45, 7) is 8.13. The minimum Gasteiger partial charge on any atom is -0.493 e. The number of carbonyl (C=O) groups is 1. The number of ether oxygens (including phenoxy) is 3. The average Bonchev–Trinajstić information content (AvgIpc) is 2.83. The van der Waals surface area contributed by atoms with Crippen LogP contribution in [0.3, 0.4) is 0 Å². The number of cyclic esters (lactones) is 1. The normalized spacial score (nSPS) is 16.3. The highest BCUT2D eigenvalue weighted by atomic mass is 35.5. The summed E-state index contributed by atoms with van der Waals surface area (Å²) in [6, 6.07) is 3.43. The van der Waals surface area contributed by atoms with Gasteiger partial charge in [0.2, 0.25) is 5.90 Å². The molecule has 0 aromatic heterocycles. The Bertz CT molecular complexity index is 687. The van der Waals surface area contributed by atoms with Crippen LogP contribution in [-0.2, 0) is 9.53 Å². The molecule has 0 saturated carbocycles. The van der Waals surface area contributed by atoms with E-state index >= 15 is 0 Å². The highest BCUT2D eigenvalue weighted by Gasteiger charge is 2.31. The first kappa shape index (κ1) is 17.3. The number of hydrogen-bond acceptors (Lipinski definition) is 5. The summed E-state index contributed by atoms with van der Waals surface area (Å²) in [4.78, 5) is 16.2. The Hall–Kier alpha value is -2.01. The van der Waals surface area contributed by atoms with Gasteiger partial charge in [-0.2, -0.15) is 0 Å². The van der Waals surface area contributed by atoms with Crippen molar-refractivity contribution in [3.8, 4) is 11.5 Å². The molecule has 0 spiro atoms. The monoisotopic (exact) mass is 337 g/mol. The van der Waals surface area contributed by atoms with Crippen LogP contribution in [0.25, 0.3) is 6.08 Å². The zero-order valence-electron chi connectivity index (χ0n) is 13.9. The molecule has 1 aliphatic rings. The van der Waals surface area contributed by atoms with Crippen LogP contribution < -0.4 is 9.47 Å². The van der Waals surface area contributed by atoms with E-state index in [2.05, 4.69) is 4.99 Å². The van der Waals surface area contributed by atoms with Gasteiger partial charge >= 0.3 is 5.97 Å². The van der Waals surface area contributed by atoms with Gasteiger partial charge in [-0.15, -0.1) is 0 Å². The van der Waals surface area contributed by atoms with Gasteiger partial charge in [0.15, 0.2) is 17.2 Å². The smallest absolute Gasteiger partial charge is 0.363 e. The molecule has 0 unspecified atom stereocenters. The first-order valence-electron chi connectivity index (χ1n) is 7.29. The third-order valence-electron chi connectivity index (χ3n) is 3.11. The zero-order chi connectivity index (χ0) is 17.2. The Balaban J connectivity index is 2.42. The van der Waals surface area contributed by atoms with E-state index in [1.165, 1.54) is 7.11 Å². The lowest BCUT2D eigenvalue weighted by Crippen LogP contribution is -2.21. The Morgan fingerprint density at radius 1 is 1.35 bits per heavy atom. The average molecular weight is 338 g/mol. The van der Waals surface area contributed by atoms with Gasteiger partial charge < -0.3 is 14.2 Å². The molecule has 1 aromatic rings. The summed E-state index contributed by atoms with van der Waals surface area (Å²) in [6.07, 6.45) is 1.62. The minimum atomic E-state index is -0.473. The summed E-state index contributed by atoms with van der Waals surface area (Å²) in [5.74, 6) is 0.904. The van der Waals surface area contributed by atoms with Gasteiger partial charge in [0.25, 0.3) is 0 Å². The van der Waals surface area contributed by atoms with Crippen molar-refractivity contribution in [2.24, 2.45) is 10.4 Å². The van der Waals surface area contributed by atoms with Gasteiger partial charge in [-0.25, -0.2) is 9.79 Å². The van der Waals surface area contributed by atoms with Crippen molar-refractivity contribution in [1.82, 2.24) is 0 Å². The summed E-state index contributed by atoms with van der Waals surface area (Å²) >= 11 is 6.23. The van der Waals surface area contributed by atoms with Crippen LogP contribution in [0.5, 0.6) is 11.5 Å². The Morgan fingerprint density at radius 2 is 2.04 bits per heavy atom. The predicted molar refractivity (Wildman–Crippen MR) is 90.1 cm³/mol. The van der Waals surface area contributed by atoms with Gasteiger partial charge in [-0.3, -0.25) is 0 Å². The van der Waals surface area contributed by atoms with E-state index in [9.17, 15) is 4.79 Å². The molecule has 2 rings (SSSR count). The van der Waals surface area contributed by atoms with E-state index < -0.39 is 5.97 Å². The first-order chi connectivity index (χ1) is 10.8. The second-order valence-electron chi connectivity index (χ2n) is 6.05. The maximum atomic E-state index is 12.0. The van der Waals surface area contributed by atoms with Crippen molar-refractivity contribution in [3.63, 3.8) is 0 Å². The van der Waals surface area contributed by atoms with Crippen molar-refractivity contribution in [2.45, 2.75) is 27.7 Å². The summed E-state index contributed by atoms with van der Waals surface area (Å²) in [5.41, 5.74) is 0.581. The van der Waals surface area contributed by atoms with Crippen LogP contribution >= 0.6 is 11.6 Å². The van der Waals surface area contributed by atoms with Gasteiger partial charge in [-0.1, -0.05) is 32.4 Å². The Labute approximate surface area is 140 Å². The van der Waals surface area contributed by atoms with E-state index in [1.807, 2.05) is 27.7 Å². The fourth-order valence-electron chi connectivity index (χ4n) is 2.00. The molecule has 0 fully saturated rings. The number of esters is 1. The van der Waals surface area contributed by atoms with Gasteiger partial charge in [-0.05, 0) is 30.7 Å². The third kappa shape index (κ3) is 3.85. The maximum absolute atomic E-state index is 12.0. The molecule has 1 aliphatic heterocycles. The molecule has 6 heteroatoms. The van der Waals surface area contributed by atoms with Crippen molar-refractivity contribution in [2.75, 3.05) is 13.7 Å². The molecule has 0 saturated heterocycles. The van der Waals surface area contributed by atoms with E-state index in [0.717, 1.165) is 0 Å². The first-order valence-corrected chi connectivity index (χ1v) is 7.67. The zero-order valence-corrected chi connectivity index (χ0v) is 14.7. The molecule has 124 valence electrons. The number of rotatable bonds is 4. The largest absolute Gasteiger partial charge is 0.493 e. The molecule has 5 nitrogen and oxygen atoms in total. The molecule has 0 aliphatic carbocycles. The molecule has 0 radical (unpaired) electrons. The van der Waals surface area contributed by atoms with Crippen LogP contribution in [0.4, 0.5) is 0 Å². The molecular weight excluding hydrogens is 318 g/mol. The van der Waals surface area contributed by atoms with E-state index in [-0.39, 0.29) is 11.1 Å². The number of halogens is 1. The van der Waals surface area contributed by atoms with E-state index in [1.54, 1.807) is 18.2 Å². The minimum absolute atomic E-state index is 0.234. The second kappa shape index (κ2) is 6.62. The summed E-state index contributed by atoms with van der Waals surface area (Å²) in [5, 5.41) is 0.407. The van der Waals surface area contributed by atoms with Crippen molar-refractivity contribution in [1.29, 1.82) is 0 Å². The summed E-state index contributed by atoms with van der Waals surface area (Å²) in [7, 11) is 1.53. The molecule has 0 N–H and O–H groups in total. The number of nitrogens with zero attached hydrogens (tertiary/aromatic N) is 1. The lowest BCUT2D eigenvalue weighted by Gasteiger charge is -2.15. The van der Waals surface area contributed by atoms with Crippen molar-refractivity contribution in [3.05, 3.63) is 28.4 Å². The molecule has 23 heavy (non-hydrogen) atoms. The molecular formula is C17H20ClNO4. The number of benzene rings is 1. The Morgan fingerprint density at radius 3 is 2.57 bits per heavy atom. The summed E-state index contributed by atoms with van der Waals surface area (Å²) < 4.78 is 16.0. The fraction of sp³-hybridized carbons (Fsp3) is 0.412. The van der Waals surface area contributed by atoms with E-state index in [0.29, 0.717) is 34.6 Å². The van der Waals surface area contributed by atoms with Gasteiger partial charge in [0.1, 0.15) is 0 Å². The van der Waals surface area contributed by atoms with Crippen molar-refractivity contribution >= 4 is 29.5 Å². The highest BCUT2D eigenvalue weighted by Crippen LogP contribution is 2.37. The topological polar surface area (TPSA) is 57.1 Å². The van der Waals surface area contributed by atoms with Crippen LogP contribution in [0.1, 0.15) is 33.3 Å². The van der Waals surface area contributed by atoms with Crippen LogP contribution in [0.2, 0.25) is 5.02 Å². The second-order valence-corrected chi connectivity index (χ2v) is 6.46. The molecule has 0 bridgehead atoms. The molecule has 0 atom stereocenters. The quantitative estimate of drug-likeness (QED) is 0.613. The third-order valence-corrected chi connectivity index (χ3v) is 3.39. The maximum Gasteiger partial charge on any atom is 0.363 e. The Kier molecular flexibility index (Phi) is 5.00. The lowest BCUT2D eigenvalue weighted by molar-refractivity contribution is -0.130. The number of methoxy groups -OCH3 is 1. The van der Waals surface area contributed by atoms with Crippen molar-refractivity contribution < 1.29 is 19.0 Å². The molecule has 1 aromatic carbocycles. The fourth-order valence-corrected chi connectivity index (χ4v) is 2.27. The lowest BCUT2D eigenvalue weighted by atomic mass is 9.97. The number of carbonyl (C=O) groups excluding carboxylic acids is 1. The number of aliphatic imine (C=N–C) groups is 1. The molecule has 0 amide bonds. The SMILES string of the molecule is CCOc1c(Cl)cc(/C=C2/N=C(C(C)(C)C)OC2=O)cc1OC. The predicted octanol–water partition coefficient (Wildman–Crippen LogP) is 4.09. The molecule has 1 heterocycles. The van der Waals surface area contributed by atoms with Crippen LogP contribution in [0, 0.1) is 5.41 Å². The van der Waals surface area contributed by atoms with Crippen LogP contribution in [0.15, 0.2) is 22.8 Å². The highest BCUT2D eigenvalue weighted by molar-refractivity contribution is 6.32. The van der Waals surface area contributed by atoms with Gasteiger partial charge in [0.05, 0.1) is 18.7 Å². The van der Waals surface area contributed by atoms with E-state index in [4.69, 9.17) is 25.8 Å². The van der Waals surface area contributed by atoms with Gasteiger partial charge in [0, 0.05) is 5.41 Å². The standard InChI is InChI=1S/C17H20ClNO4/c1-6-22-14-11(18)7-10(9-13(14)21-5)8-12-15(20)23-16(19-12)17(2,3)4/h7-9H,6H2,1-5H3/b12-8+.